The summed E-state index contributed by atoms with van der Waals surface area (Å²) in [5.41, 5.74) is 6.10. The zero-order chi connectivity index (χ0) is 15.4. The van der Waals surface area contributed by atoms with Crippen molar-refractivity contribution in [1.29, 1.82) is 0 Å². The van der Waals surface area contributed by atoms with Gasteiger partial charge in [0, 0.05) is 23.5 Å². The number of aliphatic imine (C=N–C) groups is 1. The van der Waals surface area contributed by atoms with Gasteiger partial charge >= 0.3 is 0 Å². The van der Waals surface area contributed by atoms with Crippen LogP contribution in [0.1, 0.15) is 49.4 Å². The first-order valence-electron chi connectivity index (χ1n) is 8.54. The lowest BCUT2D eigenvalue weighted by atomic mass is 9.88. The Morgan fingerprint density at radius 3 is 2.83 bits per heavy atom. The number of halogens is 1. The standard InChI is InChI=1S/C17H28N4S.HI/c1-21-10-4-6-13(16(21)15-9-5-11-22-15)12-19-17(18)20-14-7-2-3-8-14;/h5,9,11,13-14,16H,2-4,6-8,10,12H2,1H3,(H3,18,19,20);1H. The molecule has 2 fully saturated rings. The highest BCUT2D eigenvalue weighted by Crippen LogP contribution is 2.37. The largest absolute Gasteiger partial charge is 0.370 e. The molecule has 6 heteroatoms. The molecule has 0 amide bonds. The summed E-state index contributed by atoms with van der Waals surface area (Å²) in [6.07, 6.45) is 7.61. The first-order chi connectivity index (χ1) is 10.7. The number of guanidine groups is 1. The van der Waals surface area contributed by atoms with Crippen LogP contribution in [0, 0.1) is 5.92 Å². The van der Waals surface area contributed by atoms with Crippen LogP contribution in [0.2, 0.25) is 0 Å². The van der Waals surface area contributed by atoms with Gasteiger partial charge in [-0.1, -0.05) is 18.9 Å². The highest BCUT2D eigenvalue weighted by atomic mass is 127. The van der Waals surface area contributed by atoms with E-state index in [2.05, 4.69) is 39.8 Å². The van der Waals surface area contributed by atoms with Crippen LogP contribution in [0.4, 0.5) is 0 Å². The van der Waals surface area contributed by atoms with Crippen molar-refractivity contribution in [3.63, 3.8) is 0 Å². The zero-order valence-electron chi connectivity index (χ0n) is 13.9. The van der Waals surface area contributed by atoms with Gasteiger partial charge < -0.3 is 11.1 Å². The minimum absolute atomic E-state index is 0. The van der Waals surface area contributed by atoms with Crippen LogP contribution in [0.3, 0.4) is 0 Å². The molecule has 1 aromatic rings. The lowest BCUT2D eigenvalue weighted by Crippen LogP contribution is -2.40. The maximum absolute atomic E-state index is 6.10. The van der Waals surface area contributed by atoms with Crippen molar-refractivity contribution in [2.24, 2.45) is 16.6 Å². The van der Waals surface area contributed by atoms with Crippen molar-refractivity contribution in [2.75, 3.05) is 20.1 Å². The summed E-state index contributed by atoms with van der Waals surface area (Å²) in [7, 11) is 2.24. The SMILES string of the molecule is CN1CCCC(CN=C(N)NC2CCCC2)C1c1cccs1.I. The number of hydrogen-bond donors (Lipinski definition) is 2. The Morgan fingerprint density at radius 2 is 2.13 bits per heavy atom. The quantitative estimate of drug-likeness (QED) is 0.421. The number of nitrogens with one attached hydrogen (secondary N) is 1. The van der Waals surface area contributed by atoms with E-state index in [0.717, 1.165) is 6.54 Å². The summed E-state index contributed by atoms with van der Waals surface area (Å²) < 4.78 is 0. The number of rotatable bonds is 4. The van der Waals surface area contributed by atoms with Gasteiger partial charge in [0.15, 0.2) is 5.96 Å². The normalized spacial score (nSPS) is 26.9. The van der Waals surface area contributed by atoms with Crippen molar-refractivity contribution in [3.05, 3.63) is 22.4 Å². The van der Waals surface area contributed by atoms with Gasteiger partial charge in [0.2, 0.25) is 0 Å². The Labute approximate surface area is 160 Å². The lowest BCUT2D eigenvalue weighted by Gasteiger charge is -2.38. The molecule has 1 aliphatic carbocycles. The summed E-state index contributed by atoms with van der Waals surface area (Å²) in [6.45, 7) is 2.01. The van der Waals surface area contributed by atoms with Gasteiger partial charge in [0.05, 0.1) is 0 Å². The first kappa shape index (κ1) is 19.0. The predicted molar refractivity (Wildman–Crippen MR) is 110 cm³/mol. The maximum Gasteiger partial charge on any atom is 0.188 e. The third-order valence-electron chi connectivity index (χ3n) is 5.05. The molecule has 23 heavy (non-hydrogen) atoms. The molecule has 1 saturated carbocycles. The van der Waals surface area contributed by atoms with Crippen LogP contribution in [0.15, 0.2) is 22.5 Å². The molecule has 1 aromatic heterocycles. The number of hydrogen-bond acceptors (Lipinski definition) is 3. The van der Waals surface area contributed by atoms with Crippen LogP contribution in [-0.2, 0) is 0 Å². The van der Waals surface area contributed by atoms with Crippen molar-refractivity contribution in [2.45, 2.75) is 50.6 Å². The molecule has 1 aliphatic heterocycles. The van der Waals surface area contributed by atoms with Crippen LogP contribution in [0.25, 0.3) is 0 Å². The highest BCUT2D eigenvalue weighted by Gasteiger charge is 2.31. The van der Waals surface area contributed by atoms with E-state index in [1.165, 1.54) is 49.9 Å². The van der Waals surface area contributed by atoms with E-state index < -0.39 is 0 Å². The third-order valence-corrected chi connectivity index (χ3v) is 5.99. The Hall–Kier alpha value is -0.340. The van der Waals surface area contributed by atoms with Gasteiger partial charge in [0.1, 0.15) is 0 Å². The van der Waals surface area contributed by atoms with Gasteiger partial charge in [-0.3, -0.25) is 9.89 Å². The molecule has 2 unspecified atom stereocenters. The number of nitrogens with two attached hydrogens (primary N) is 1. The van der Waals surface area contributed by atoms with E-state index in [1.54, 1.807) is 0 Å². The lowest BCUT2D eigenvalue weighted by molar-refractivity contribution is 0.128. The van der Waals surface area contributed by atoms with E-state index in [1.807, 2.05) is 11.3 Å². The summed E-state index contributed by atoms with van der Waals surface area (Å²) in [5.74, 6) is 1.21. The van der Waals surface area contributed by atoms with Gasteiger partial charge in [0.25, 0.3) is 0 Å². The molecule has 2 aliphatic rings. The van der Waals surface area contributed by atoms with Crippen molar-refractivity contribution >= 4 is 41.3 Å². The van der Waals surface area contributed by atoms with Crippen molar-refractivity contribution in [3.8, 4) is 0 Å². The first-order valence-corrected chi connectivity index (χ1v) is 9.42. The summed E-state index contributed by atoms with van der Waals surface area (Å²) in [6, 6.07) is 5.45. The maximum atomic E-state index is 6.10. The van der Waals surface area contributed by atoms with Crippen molar-refractivity contribution < 1.29 is 0 Å². The fourth-order valence-electron chi connectivity index (χ4n) is 3.90. The molecule has 1 saturated heterocycles. The van der Waals surface area contributed by atoms with Crippen molar-refractivity contribution in [1.82, 2.24) is 10.2 Å². The summed E-state index contributed by atoms with van der Waals surface area (Å²) >= 11 is 1.86. The molecule has 0 aromatic carbocycles. The van der Waals surface area contributed by atoms with E-state index in [-0.39, 0.29) is 24.0 Å². The fraction of sp³-hybridized carbons (Fsp3) is 0.706. The molecular weight excluding hydrogens is 419 g/mol. The molecule has 2 heterocycles. The molecular formula is C17H29IN4S. The average Bonchev–Trinajstić information content (AvgIpc) is 3.18. The Morgan fingerprint density at radius 1 is 1.35 bits per heavy atom. The molecule has 3 rings (SSSR count). The number of nitrogens with zero attached hydrogens (tertiary/aromatic N) is 2. The predicted octanol–water partition coefficient (Wildman–Crippen LogP) is 3.60. The molecule has 130 valence electrons. The van der Waals surface area contributed by atoms with E-state index in [0.29, 0.717) is 24.0 Å². The van der Waals surface area contributed by atoms with Gasteiger partial charge in [-0.25, -0.2) is 0 Å². The number of likely N-dealkylation sites (tertiary alicyclic amines) is 1. The molecule has 3 N–H and O–H groups in total. The van der Waals surface area contributed by atoms with Gasteiger partial charge in [-0.05, 0) is 56.6 Å². The van der Waals surface area contributed by atoms with E-state index in [4.69, 9.17) is 5.73 Å². The van der Waals surface area contributed by atoms with Crippen LogP contribution in [0.5, 0.6) is 0 Å². The molecule has 4 nitrogen and oxygen atoms in total. The topological polar surface area (TPSA) is 53.6 Å². The molecule has 0 radical (unpaired) electrons. The van der Waals surface area contributed by atoms with Gasteiger partial charge in [-0.2, -0.15) is 0 Å². The second-order valence-corrected chi connectivity index (χ2v) is 7.67. The monoisotopic (exact) mass is 448 g/mol. The summed E-state index contributed by atoms with van der Waals surface area (Å²) in [5, 5.41) is 5.57. The fourth-order valence-corrected chi connectivity index (χ4v) is 4.88. The molecule has 2 atom stereocenters. The van der Waals surface area contributed by atoms with Crippen LogP contribution >= 0.6 is 35.3 Å². The third kappa shape index (κ3) is 5.06. The second kappa shape index (κ2) is 9.22. The zero-order valence-corrected chi connectivity index (χ0v) is 17.1. The number of piperidine rings is 1. The Bertz CT molecular complexity index is 485. The smallest absolute Gasteiger partial charge is 0.188 e. The molecule has 0 bridgehead atoms. The minimum Gasteiger partial charge on any atom is -0.370 e. The number of thiophene rings is 1. The highest BCUT2D eigenvalue weighted by molar-refractivity contribution is 14.0. The van der Waals surface area contributed by atoms with Crippen LogP contribution < -0.4 is 11.1 Å². The average molecular weight is 448 g/mol. The van der Waals surface area contributed by atoms with E-state index >= 15 is 0 Å². The summed E-state index contributed by atoms with van der Waals surface area (Å²) in [4.78, 5) is 8.61. The minimum atomic E-state index is 0. The Kier molecular flexibility index (Phi) is 7.62. The molecule has 0 spiro atoms. The Balaban J connectivity index is 0.00000192. The van der Waals surface area contributed by atoms with Gasteiger partial charge in [-0.15, -0.1) is 35.3 Å². The van der Waals surface area contributed by atoms with Crippen LogP contribution in [-0.4, -0.2) is 37.0 Å². The second-order valence-electron chi connectivity index (χ2n) is 6.69. The van der Waals surface area contributed by atoms with E-state index in [9.17, 15) is 0 Å².